The van der Waals surface area contributed by atoms with Crippen molar-refractivity contribution in [3.63, 3.8) is 0 Å². The quantitative estimate of drug-likeness (QED) is 0.398. The number of aromatic nitrogens is 5. The van der Waals surface area contributed by atoms with Crippen LogP contribution in [0.15, 0.2) is 36.4 Å². The minimum absolute atomic E-state index is 0.129. The van der Waals surface area contributed by atoms with Crippen LogP contribution in [0.25, 0.3) is 10.2 Å². The Morgan fingerprint density at radius 3 is 2.67 bits per heavy atom. The zero-order valence-corrected chi connectivity index (χ0v) is 18.7. The molecular formula is C22H21F3N6OS. The zero-order chi connectivity index (χ0) is 23.0. The van der Waals surface area contributed by atoms with Gasteiger partial charge in [-0.2, -0.15) is 13.2 Å². The second-order valence-electron chi connectivity index (χ2n) is 7.76. The number of alkyl halides is 3. The summed E-state index contributed by atoms with van der Waals surface area (Å²) in [6.07, 6.45) is -2.59. The maximum atomic E-state index is 13.2. The summed E-state index contributed by atoms with van der Waals surface area (Å²) in [5.41, 5.74) is 0. The van der Waals surface area contributed by atoms with E-state index >= 15 is 0 Å². The number of halogens is 3. The van der Waals surface area contributed by atoms with Crippen molar-refractivity contribution < 1.29 is 17.9 Å². The van der Waals surface area contributed by atoms with Gasteiger partial charge in [-0.15, -0.1) is 21.5 Å². The van der Waals surface area contributed by atoms with E-state index in [9.17, 15) is 13.2 Å². The second kappa shape index (κ2) is 8.62. The third kappa shape index (κ3) is 4.37. The molecule has 11 heteroatoms. The highest BCUT2D eigenvalue weighted by molar-refractivity contribution is 7.18. The molecule has 0 saturated heterocycles. The molecule has 0 aliphatic carbocycles. The maximum absolute atomic E-state index is 13.2. The van der Waals surface area contributed by atoms with Gasteiger partial charge in [0, 0.05) is 18.0 Å². The summed E-state index contributed by atoms with van der Waals surface area (Å²) in [5, 5.41) is 8.08. The van der Waals surface area contributed by atoms with Gasteiger partial charge in [0.25, 0.3) is 0 Å². The van der Waals surface area contributed by atoms with Crippen molar-refractivity contribution in [3.05, 3.63) is 58.7 Å². The third-order valence-electron chi connectivity index (χ3n) is 5.38. The van der Waals surface area contributed by atoms with Crippen LogP contribution in [0.1, 0.15) is 35.7 Å². The lowest BCUT2D eigenvalue weighted by Gasteiger charge is -2.29. The predicted molar refractivity (Wildman–Crippen MR) is 118 cm³/mol. The number of anilines is 1. The first-order valence-electron chi connectivity index (χ1n) is 10.6. The summed E-state index contributed by atoms with van der Waals surface area (Å²) < 4.78 is 46.6. The maximum Gasteiger partial charge on any atom is 0.451 e. The summed E-state index contributed by atoms with van der Waals surface area (Å²) in [5.74, 6) is 1.24. The molecule has 5 rings (SSSR count). The highest BCUT2D eigenvalue weighted by atomic mass is 32.1. The van der Waals surface area contributed by atoms with Crippen molar-refractivity contribution in [2.75, 3.05) is 11.4 Å². The van der Waals surface area contributed by atoms with Gasteiger partial charge < -0.3 is 14.2 Å². The van der Waals surface area contributed by atoms with Crippen molar-refractivity contribution in [2.45, 2.75) is 45.6 Å². The van der Waals surface area contributed by atoms with Crippen molar-refractivity contribution in [3.8, 4) is 5.75 Å². The SMILES string of the molecule is CCCc1cc2c(N3CCn4c(nnc4C(F)(F)F)C3)nc(COc3ccccc3)nc2s1. The molecule has 7 nitrogen and oxygen atoms in total. The predicted octanol–water partition coefficient (Wildman–Crippen LogP) is 4.85. The average molecular weight is 475 g/mol. The van der Waals surface area contributed by atoms with Gasteiger partial charge in [0.15, 0.2) is 11.6 Å². The van der Waals surface area contributed by atoms with Gasteiger partial charge in [-0.05, 0) is 24.6 Å². The van der Waals surface area contributed by atoms with E-state index in [4.69, 9.17) is 14.7 Å². The third-order valence-corrected chi connectivity index (χ3v) is 6.47. The van der Waals surface area contributed by atoms with Crippen molar-refractivity contribution >= 4 is 27.4 Å². The lowest BCUT2D eigenvalue weighted by Crippen LogP contribution is -2.36. The molecule has 4 heterocycles. The average Bonchev–Trinajstić information content (AvgIpc) is 3.41. The summed E-state index contributed by atoms with van der Waals surface area (Å²) in [6.45, 7) is 2.98. The number of hydrogen-bond donors (Lipinski definition) is 0. The van der Waals surface area contributed by atoms with Gasteiger partial charge in [-0.3, -0.25) is 0 Å². The van der Waals surface area contributed by atoms with E-state index < -0.39 is 12.0 Å². The summed E-state index contributed by atoms with van der Waals surface area (Å²) in [6, 6.07) is 11.5. The number of para-hydroxylation sites is 1. The number of fused-ring (bicyclic) bond motifs is 2. The van der Waals surface area contributed by atoms with E-state index in [1.807, 2.05) is 35.2 Å². The van der Waals surface area contributed by atoms with Gasteiger partial charge in [0.1, 0.15) is 23.0 Å². The molecule has 0 N–H and O–H groups in total. The molecule has 3 aromatic heterocycles. The van der Waals surface area contributed by atoms with E-state index in [-0.39, 0.29) is 25.5 Å². The van der Waals surface area contributed by atoms with Gasteiger partial charge in [-0.1, -0.05) is 31.5 Å². The molecule has 0 unspecified atom stereocenters. The summed E-state index contributed by atoms with van der Waals surface area (Å²) in [7, 11) is 0. The molecule has 0 spiro atoms. The number of benzene rings is 1. The normalized spacial score (nSPS) is 14.0. The van der Waals surface area contributed by atoms with Crippen LogP contribution in [0.3, 0.4) is 0 Å². The Bertz CT molecular complexity index is 1270. The van der Waals surface area contributed by atoms with Crippen molar-refractivity contribution in [1.82, 2.24) is 24.7 Å². The first-order chi connectivity index (χ1) is 15.9. The minimum atomic E-state index is -4.53. The standard InChI is InChI=1S/C22H21F3N6OS/c1-2-6-15-11-16-19(30-9-10-31-18(12-30)28-29-21(31)22(23,24)25)26-17(27-20(16)33-15)13-32-14-7-4-3-5-8-14/h3-5,7-8,11H,2,6,9-10,12-13H2,1H3. The van der Waals surface area contributed by atoms with Crippen LogP contribution in [0, 0.1) is 0 Å². The molecule has 33 heavy (non-hydrogen) atoms. The Labute approximate surface area is 191 Å². The van der Waals surface area contributed by atoms with Crippen molar-refractivity contribution in [1.29, 1.82) is 0 Å². The highest BCUT2D eigenvalue weighted by Crippen LogP contribution is 2.35. The van der Waals surface area contributed by atoms with E-state index in [0.717, 1.165) is 27.6 Å². The number of thiophene rings is 1. The molecule has 1 aromatic carbocycles. The number of nitrogens with zero attached hydrogens (tertiary/aromatic N) is 6. The largest absolute Gasteiger partial charge is 0.486 e. The highest BCUT2D eigenvalue weighted by Gasteiger charge is 2.39. The molecule has 0 radical (unpaired) electrons. The lowest BCUT2D eigenvalue weighted by atomic mass is 10.2. The lowest BCUT2D eigenvalue weighted by molar-refractivity contribution is -0.147. The minimum Gasteiger partial charge on any atom is -0.486 e. The van der Waals surface area contributed by atoms with Crippen LogP contribution >= 0.6 is 11.3 Å². The van der Waals surface area contributed by atoms with Crippen LogP contribution in [0.4, 0.5) is 19.0 Å². The molecule has 0 saturated carbocycles. The Kier molecular flexibility index (Phi) is 5.65. The van der Waals surface area contributed by atoms with Crippen LogP contribution in [0.5, 0.6) is 5.75 Å². The Morgan fingerprint density at radius 2 is 1.91 bits per heavy atom. The Hall–Kier alpha value is -3.21. The molecule has 0 bridgehead atoms. The van der Waals surface area contributed by atoms with Crippen LogP contribution in [-0.4, -0.2) is 31.3 Å². The topological polar surface area (TPSA) is 69.0 Å². The van der Waals surface area contributed by atoms with E-state index in [2.05, 4.69) is 23.2 Å². The van der Waals surface area contributed by atoms with Crippen LogP contribution < -0.4 is 9.64 Å². The smallest absolute Gasteiger partial charge is 0.451 e. The number of aryl methyl sites for hydroxylation is 1. The van der Waals surface area contributed by atoms with Crippen LogP contribution in [-0.2, 0) is 32.3 Å². The molecular weight excluding hydrogens is 453 g/mol. The number of ether oxygens (including phenoxy) is 1. The van der Waals surface area contributed by atoms with Gasteiger partial charge in [-0.25, -0.2) is 9.97 Å². The van der Waals surface area contributed by atoms with Gasteiger partial charge in [0.05, 0.1) is 11.9 Å². The molecule has 172 valence electrons. The monoisotopic (exact) mass is 474 g/mol. The van der Waals surface area contributed by atoms with Gasteiger partial charge in [0.2, 0.25) is 5.82 Å². The second-order valence-corrected chi connectivity index (χ2v) is 8.87. The fourth-order valence-corrected chi connectivity index (χ4v) is 5.03. The molecule has 1 aliphatic heterocycles. The first kappa shape index (κ1) is 21.6. The first-order valence-corrected chi connectivity index (χ1v) is 11.5. The van der Waals surface area contributed by atoms with E-state index in [0.29, 0.717) is 23.9 Å². The molecule has 0 atom stereocenters. The van der Waals surface area contributed by atoms with Crippen molar-refractivity contribution in [2.24, 2.45) is 0 Å². The number of hydrogen-bond acceptors (Lipinski definition) is 7. The van der Waals surface area contributed by atoms with Gasteiger partial charge >= 0.3 is 6.18 Å². The Morgan fingerprint density at radius 1 is 1.09 bits per heavy atom. The van der Waals surface area contributed by atoms with E-state index in [1.165, 1.54) is 4.88 Å². The van der Waals surface area contributed by atoms with E-state index in [1.54, 1.807) is 11.3 Å². The Balaban J connectivity index is 1.48. The van der Waals surface area contributed by atoms with Crippen LogP contribution in [0.2, 0.25) is 0 Å². The fourth-order valence-electron chi connectivity index (χ4n) is 3.89. The number of rotatable bonds is 6. The zero-order valence-electron chi connectivity index (χ0n) is 17.8. The fraction of sp³-hybridized carbons (Fsp3) is 0.364. The summed E-state index contributed by atoms with van der Waals surface area (Å²) >= 11 is 1.61. The summed E-state index contributed by atoms with van der Waals surface area (Å²) in [4.78, 5) is 13.5. The molecule has 0 fully saturated rings. The molecule has 0 amide bonds. The molecule has 1 aliphatic rings. The molecule has 4 aromatic rings.